The van der Waals surface area contributed by atoms with E-state index in [0.717, 1.165) is 36.0 Å². The molecule has 0 aliphatic rings. The van der Waals surface area contributed by atoms with Crippen LogP contribution in [-0.2, 0) is 55.8 Å². The quantitative estimate of drug-likeness (QED) is 0.0282. The largest absolute Gasteiger partial charge is 0.438 e. The Morgan fingerprint density at radius 3 is 1.26 bits per heavy atom. The van der Waals surface area contributed by atoms with Crippen molar-refractivity contribution in [3.8, 4) is 0 Å². The SMILES string of the molecule is CC(C)=CCC/C(C)=C/CC(CC=C(C)C)(P(=O)(OCC[C@@H](C)CCC=C(C)C)OCOC(=O)C(C)(C)C)P(=O)(OCOC(=O)C(C)(C)C)OCOC(=O)C(C)(C)C. The fraction of sp³-hybridized carbons (Fsp3) is 0.750. The second kappa shape index (κ2) is 24.8. The fourth-order valence-corrected chi connectivity index (χ4v) is 10.1. The molecule has 0 fully saturated rings. The molecule has 0 saturated heterocycles. The molecule has 0 aliphatic heterocycles. The van der Waals surface area contributed by atoms with E-state index in [1.54, 1.807) is 74.5 Å². The Labute approximate surface area is 351 Å². The minimum absolute atomic E-state index is 0.0850. The number of ether oxygens (including phenoxy) is 3. The lowest BCUT2D eigenvalue weighted by atomic mass is 9.98. The molecule has 14 heteroatoms. The summed E-state index contributed by atoms with van der Waals surface area (Å²) < 4.78 is 72.7. The van der Waals surface area contributed by atoms with Crippen molar-refractivity contribution in [2.24, 2.45) is 22.2 Å². The predicted molar refractivity (Wildman–Crippen MR) is 232 cm³/mol. The number of carbonyl (C=O) groups excluding carboxylic acids is 3. The van der Waals surface area contributed by atoms with E-state index in [1.807, 2.05) is 48.5 Å². The van der Waals surface area contributed by atoms with E-state index < -0.39 is 74.6 Å². The van der Waals surface area contributed by atoms with E-state index >= 15 is 9.13 Å². The monoisotopic (exact) mass is 860 g/mol. The van der Waals surface area contributed by atoms with Gasteiger partial charge < -0.3 is 18.7 Å². The smallest absolute Gasteiger partial charge is 0.355 e. The van der Waals surface area contributed by atoms with Crippen LogP contribution < -0.4 is 0 Å². The maximum Gasteiger partial charge on any atom is 0.355 e. The highest BCUT2D eigenvalue weighted by Gasteiger charge is 2.65. The van der Waals surface area contributed by atoms with Crippen LogP contribution in [-0.4, -0.2) is 49.8 Å². The van der Waals surface area contributed by atoms with Crippen LogP contribution in [0.25, 0.3) is 0 Å². The first-order chi connectivity index (χ1) is 26.4. The Hall–Kier alpha value is -2.33. The van der Waals surface area contributed by atoms with E-state index in [4.69, 9.17) is 32.3 Å². The Bertz CT molecular complexity index is 1500. The second-order valence-electron chi connectivity index (χ2n) is 18.9. The summed E-state index contributed by atoms with van der Waals surface area (Å²) in [6.45, 7) is 27.9. The molecule has 2 unspecified atom stereocenters. The third-order valence-corrected chi connectivity index (χ3v) is 15.0. The second-order valence-corrected chi connectivity index (χ2v) is 24.0. The van der Waals surface area contributed by atoms with Gasteiger partial charge in [0.25, 0.3) is 0 Å². The fourth-order valence-electron chi connectivity index (χ4n) is 4.90. The van der Waals surface area contributed by atoms with Crippen molar-refractivity contribution in [2.45, 2.75) is 168 Å². The zero-order chi connectivity index (χ0) is 45.2. The van der Waals surface area contributed by atoms with Gasteiger partial charge in [0.2, 0.25) is 20.4 Å². The van der Waals surface area contributed by atoms with E-state index in [1.165, 1.54) is 5.57 Å². The predicted octanol–water partition coefficient (Wildman–Crippen LogP) is 13.0. The summed E-state index contributed by atoms with van der Waals surface area (Å²) in [5.74, 6) is -1.80. The molecule has 336 valence electrons. The van der Waals surface area contributed by atoms with E-state index in [-0.39, 0.29) is 25.4 Å². The molecular formula is C44H78O12P2. The van der Waals surface area contributed by atoms with Crippen molar-refractivity contribution >= 4 is 33.1 Å². The Morgan fingerprint density at radius 2 is 0.879 bits per heavy atom. The number of esters is 3. The van der Waals surface area contributed by atoms with Crippen molar-refractivity contribution < 1.29 is 55.8 Å². The topological polar surface area (TPSA) is 150 Å². The van der Waals surface area contributed by atoms with Crippen molar-refractivity contribution in [3.63, 3.8) is 0 Å². The van der Waals surface area contributed by atoms with Gasteiger partial charge in [-0.05, 0) is 162 Å². The number of allylic oxidation sites excluding steroid dienone is 8. The van der Waals surface area contributed by atoms with Crippen LogP contribution in [0.2, 0.25) is 0 Å². The van der Waals surface area contributed by atoms with Crippen LogP contribution in [0.5, 0.6) is 0 Å². The van der Waals surface area contributed by atoms with Crippen LogP contribution >= 0.6 is 15.2 Å². The lowest BCUT2D eigenvalue weighted by Gasteiger charge is -2.41. The highest BCUT2D eigenvalue weighted by molar-refractivity contribution is 7.74. The first-order valence-corrected chi connectivity index (χ1v) is 23.4. The Kier molecular flexibility index (Phi) is 23.8. The molecule has 0 heterocycles. The van der Waals surface area contributed by atoms with Gasteiger partial charge in [0.15, 0.2) is 4.90 Å². The molecule has 0 aromatic carbocycles. The molecule has 0 rings (SSSR count). The molecule has 0 aromatic heterocycles. The van der Waals surface area contributed by atoms with Gasteiger partial charge in [0.05, 0.1) is 22.9 Å². The molecule has 0 amide bonds. The first kappa shape index (κ1) is 55.7. The average molecular weight is 861 g/mol. The molecule has 58 heavy (non-hydrogen) atoms. The Balaban J connectivity index is 7.92. The summed E-state index contributed by atoms with van der Waals surface area (Å²) in [6, 6.07) is 0. The maximum absolute atomic E-state index is 16.0. The zero-order valence-electron chi connectivity index (χ0n) is 39.0. The van der Waals surface area contributed by atoms with Crippen LogP contribution in [0.3, 0.4) is 0 Å². The summed E-state index contributed by atoms with van der Waals surface area (Å²) in [6.07, 6.45) is 10.8. The summed E-state index contributed by atoms with van der Waals surface area (Å²) in [5.41, 5.74) is 1.20. The molecule has 0 N–H and O–H groups in total. The molecule has 0 radical (unpaired) electrons. The molecule has 0 aromatic rings. The Morgan fingerprint density at radius 1 is 0.517 bits per heavy atom. The summed E-state index contributed by atoms with van der Waals surface area (Å²) in [7, 11) is -9.78. The number of hydrogen-bond donors (Lipinski definition) is 0. The number of rotatable bonds is 25. The standard InChI is InChI=1S/C44H78O12P2/c1-33(2)20-18-22-36(7)25-28-44(27-24-35(5)6,58(49,55-31-51-39(46)42(12,13)14)56-32-52-40(47)43(15,16)17)57(48,54-30-50-38(45)41(9,10)11)53-29-26-37(8)23-19-21-34(3)4/h20-21,24-25,37H,18-19,22-23,26-32H2,1-17H3/b36-25+/t37-,44?,57?/m0/s1. The highest BCUT2D eigenvalue weighted by Crippen LogP contribution is 2.80. The van der Waals surface area contributed by atoms with Gasteiger partial charge in [-0.25, -0.2) is 0 Å². The number of hydrogen-bond acceptors (Lipinski definition) is 12. The van der Waals surface area contributed by atoms with Gasteiger partial charge in [-0.15, -0.1) is 0 Å². The highest BCUT2D eigenvalue weighted by atomic mass is 31.2. The van der Waals surface area contributed by atoms with Gasteiger partial charge in [0.1, 0.15) is 0 Å². The van der Waals surface area contributed by atoms with Crippen molar-refractivity contribution in [1.29, 1.82) is 0 Å². The van der Waals surface area contributed by atoms with Crippen molar-refractivity contribution in [1.82, 2.24) is 0 Å². The minimum Gasteiger partial charge on any atom is -0.438 e. The maximum atomic E-state index is 16.0. The third-order valence-electron chi connectivity index (χ3n) is 8.88. The van der Waals surface area contributed by atoms with E-state index in [9.17, 15) is 14.4 Å². The zero-order valence-corrected chi connectivity index (χ0v) is 40.7. The van der Waals surface area contributed by atoms with Gasteiger partial charge in [-0.3, -0.25) is 37.1 Å². The van der Waals surface area contributed by atoms with Gasteiger partial charge in [-0.1, -0.05) is 53.5 Å². The third kappa shape index (κ3) is 20.3. The van der Waals surface area contributed by atoms with Crippen LogP contribution in [0.4, 0.5) is 0 Å². The van der Waals surface area contributed by atoms with Crippen LogP contribution in [0.15, 0.2) is 46.6 Å². The molecular weight excluding hydrogens is 782 g/mol. The van der Waals surface area contributed by atoms with Gasteiger partial charge in [0, 0.05) is 0 Å². The normalized spacial score (nSPS) is 15.3. The molecule has 0 bridgehead atoms. The molecule has 0 spiro atoms. The van der Waals surface area contributed by atoms with Crippen LogP contribution in [0, 0.1) is 22.2 Å². The van der Waals surface area contributed by atoms with Crippen molar-refractivity contribution in [2.75, 3.05) is 27.0 Å². The van der Waals surface area contributed by atoms with Crippen LogP contribution in [0.1, 0.15) is 163 Å². The van der Waals surface area contributed by atoms with Gasteiger partial charge >= 0.3 is 33.1 Å². The summed E-state index contributed by atoms with van der Waals surface area (Å²) in [4.78, 5) is 36.6. The summed E-state index contributed by atoms with van der Waals surface area (Å²) in [5, 5.41) is 0. The van der Waals surface area contributed by atoms with Crippen molar-refractivity contribution in [3.05, 3.63) is 46.6 Å². The lowest BCUT2D eigenvalue weighted by Crippen LogP contribution is -2.35. The summed E-state index contributed by atoms with van der Waals surface area (Å²) >= 11 is 0. The van der Waals surface area contributed by atoms with E-state index in [0.29, 0.717) is 12.8 Å². The van der Waals surface area contributed by atoms with Gasteiger partial charge in [-0.2, -0.15) is 0 Å². The average Bonchev–Trinajstić information content (AvgIpc) is 3.06. The molecule has 0 aliphatic carbocycles. The molecule has 12 nitrogen and oxygen atoms in total. The molecule has 0 saturated carbocycles. The number of carbonyl (C=O) groups is 3. The first-order valence-electron chi connectivity index (χ1n) is 20.3. The molecule has 3 atom stereocenters. The van der Waals surface area contributed by atoms with E-state index in [2.05, 4.69) is 19.1 Å². The lowest BCUT2D eigenvalue weighted by molar-refractivity contribution is -0.162. The minimum atomic E-state index is -4.96.